The lowest BCUT2D eigenvalue weighted by atomic mass is 9.88. The molecule has 3 nitrogen and oxygen atoms in total. The predicted octanol–water partition coefficient (Wildman–Crippen LogP) is 2.28. The van der Waals surface area contributed by atoms with Gasteiger partial charge in [-0.05, 0) is 32.6 Å². The van der Waals surface area contributed by atoms with Crippen molar-refractivity contribution in [2.24, 2.45) is 11.8 Å². The van der Waals surface area contributed by atoms with Crippen molar-refractivity contribution in [3.63, 3.8) is 0 Å². The van der Waals surface area contributed by atoms with Crippen molar-refractivity contribution >= 4 is 17.5 Å². The Morgan fingerprint density at radius 2 is 1.76 bits per heavy atom. The van der Waals surface area contributed by atoms with E-state index >= 15 is 0 Å². The molecule has 2 rings (SSSR count). The van der Waals surface area contributed by atoms with Crippen LogP contribution in [0.25, 0.3) is 0 Å². The number of halogens is 1. The first-order chi connectivity index (χ1) is 8.00. The summed E-state index contributed by atoms with van der Waals surface area (Å²) in [5.74, 6) is 0.598. The van der Waals surface area contributed by atoms with Crippen LogP contribution in [-0.2, 0) is 9.53 Å². The van der Waals surface area contributed by atoms with E-state index in [0.717, 1.165) is 25.9 Å². The van der Waals surface area contributed by atoms with Crippen LogP contribution in [0.1, 0.15) is 33.6 Å². The summed E-state index contributed by atoms with van der Waals surface area (Å²) in [6, 6.07) is 0. The molecule has 4 atom stereocenters. The summed E-state index contributed by atoms with van der Waals surface area (Å²) in [6.07, 6.45) is 2.06. The Morgan fingerprint density at radius 1 is 1.18 bits per heavy atom. The summed E-state index contributed by atoms with van der Waals surface area (Å²) in [6.45, 7) is 7.79. The minimum atomic E-state index is 0.0249. The standard InChI is InChI=1S/C13H22ClNO2/c1-8-9(2)17-10(3)12(8)13(16)15-6-4-11(14)5-7-15/h8-12H,4-7H2,1-3H3. The highest BCUT2D eigenvalue weighted by atomic mass is 35.5. The molecule has 0 aromatic carbocycles. The zero-order valence-electron chi connectivity index (χ0n) is 10.9. The summed E-state index contributed by atoms with van der Waals surface area (Å²) in [7, 11) is 0. The van der Waals surface area contributed by atoms with Gasteiger partial charge in [0.15, 0.2) is 0 Å². The number of ether oxygens (including phenoxy) is 1. The van der Waals surface area contributed by atoms with Gasteiger partial charge in [-0.25, -0.2) is 0 Å². The Kier molecular flexibility index (Phi) is 3.99. The molecule has 0 N–H and O–H groups in total. The van der Waals surface area contributed by atoms with Crippen LogP contribution in [0.5, 0.6) is 0 Å². The van der Waals surface area contributed by atoms with Gasteiger partial charge in [-0.1, -0.05) is 6.92 Å². The fourth-order valence-electron chi connectivity index (χ4n) is 2.97. The molecule has 0 saturated carbocycles. The molecule has 0 radical (unpaired) electrons. The normalized spacial score (nSPS) is 39.6. The van der Waals surface area contributed by atoms with Gasteiger partial charge in [0, 0.05) is 18.5 Å². The third kappa shape index (κ3) is 2.60. The summed E-state index contributed by atoms with van der Waals surface area (Å²) in [4.78, 5) is 14.4. The van der Waals surface area contributed by atoms with Gasteiger partial charge in [0.2, 0.25) is 5.91 Å². The van der Waals surface area contributed by atoms with E-state index in [-0.39, 0.29) is 29.4 Å². The Labute approximate surface area is 108 Å². The van der Waals surface area contributed by atoms with E-state index in [4.69, 9.17) is 16.3 Å². The molecule has 17 heavy (non-hydrogen) atoms. The highest BCUT2D eigenvalue weighted by Gasteiger charge is 2.43. The van der Waals surface area contributed by atoms with Crippen molar-refractivity contribution in [3.05, 3.63) is 0 Å². The van der Waals surface area contributed by atoms with Crippen LogP contribution in [0.2, 0.25) is 0 Å². The van der Waals surface area contributed by atoms with Gasteiger partial charge in [-0.3, -0.25) is 4.79 Å². The van der Waals surface area contributed by atoms with Crippen LogP contribution in [0, 0.1) is 11.8 Å². The quantitative estimate of drug-likeness (QED) is 0.676. The molecule has 0 spiro atoms. The number of amides is 1. The maximum Gasteiger partial charge on any atom is 0.228 e. The van der Waals surface area contributed by atoms with E-state index in [1.165, 1.54) is 0 Å². The highest BCUT2D eigenvalue weighted by molar-refractivity contribution is 6.20. The van der Waals surface area contributed by atoms with E-state index in [9.17, 15) is 4.79 Å². The second-order valence-electron chi connectivity index (χ2n) is 5.43. The lowest BCUT2D eigenvalue weighted by Crippen LogP contribution is -2.45. The van der Waals surface area contributed by atoms with Gasteiger partial charge >= 0.3 is 0 Å². The smallest absolute Gasteiger partial charge is 0.228 e. The van der Waals surface area contributed by atoms with E-state index < -0.39 is 0 Å². The lowest BCUT2D eigenvalue weighted by molar-refractivity contribution is -0.138. The summed E-state index contributed by atoms with van der Waals surface area (Å²) < 4.78 is 5.75. The average Bonchev–Trinajstić information content (AvgIpc) is 2.53. The minimum absolute atomic E-state index is 0.0249. The van der Waals surface area contributed by atoms with Crippen molar-refractivity contribution in [2.75, 3.05) is 13.1 Å². The van der Waals surface area contributed by atoms with Crippen molar-refractivity contribution in [1.29, 1.82) is 0 Å². The largest absolute Gasteiger partial charge is 0.374 e. The number of carbonyl (C=O) groups is 1. The third-order valence-corrected chi connectivity index (χ3v) is 4.70. The van der Waals surface area contributed by atoms with E-state index in [0.29, 0.717) is 5.92 Å². The molecule has 98 valence electrons. The van der Waals surface area contributed by atoms with Crippen LogP contribution in [0.4, 0.5) is 0 Å². The van der Waals surface area contributed by atoms with Crippen LogP contribution in [0.3, 0.4) is 0 Å². The Morgan fingerprint density at radius 3 is 2.24 bits per heavy atom. The Hall–Kier alpha value is -0.280. The van der Waals surface area contributed by atoms with Crippen LogP contribution >= 0.6 is 11.6 Å². The zero-order valence-corrected chi connectivity index (χ0v) is 11.6. The second kappa shape index (κ2) is 5.15. The van der Waals surface area contributed by atoms with Crippen molar-refractivity contribution in [2.45, 2.75) is 51.2 Å². The lowest BCUT2D eigenvalue weighted by Gasteiger charge is -2.33. The molecule has 2 fully saturated rings. The third-order valence-electron chi connectivity index (χ3n) is 4.26. The zero-order chi connectivity index (χ0) is 12.6. The number of piperidine rings is 1. The highest BCUT2D eigenvalue weighted by Crippen LogP contribution is 2.34. The van der Waals surface area contributed by atoms with Crippen molar-refractivity contribution in [1.82, 2.24) is 4.90 Å². The summed E-state index contributed by atoms with van der Waals surface area (Å²) in [5.41, 5.74) is 0. The van der Waals surface area contributed by atoms with Crippen LogP contribution < -0.4 is 0 Å². The monoisotopic (exact) mass is 259 g/mol. The maximum atomic E-state index is 12.5. The molecule has 4 heteroatoms. The molecular weight excluding hydrogens is 238 g/mol. The number of rotatable bonds is 1. The molecule has 2 aliphatic heterocycles. The van der Waals surface area contributed by atoms with Crippen LogP contribution in [-0.4, -0.2) is 41.5 Å². The minimum Gasteiger partial charge on any atom is -0.374 e. The Balaban J connectivity index is 2.00. The van der Waals surface area contributed by atoms with Crippen LogP contribution in [0.15, 0.2) is 0 Å². The molecule has 0 aromatic rings. The fraction of sp³-hybridized carbons (Fsp3) is 0.923. The Bertz CT molecular complexity index is 289. The van der Waals surface area contributed by atoms with Gasteiger partial charge in [0.1, 0.15) is 0 Å². The topological polar surface area (TPSA) is 29.5 Å². The average molecular weight is 260 g/mol. The maximum absolute atomic E-state index is 12.5. The second-order valence-corrected chi connectivity index (χ2v) is 6.05. The first kappa shape index (κ1) is 13.2. The molecule has 2 heterocycles. The van der Waals surface area contributed by atoms with Gasteiger partial charge < -0.3 is 9.64 Å². The molecule has 0 aliphatic carbocycles. The molecule has 0 bridgehead atoms. The summed E-state index contributed by atoms with van der Waals surface area (Å²) >= 11 is 6.06. The predicted molar refractivity (Wildman–Crippen MR) is 68.1 cm³/mol. The molecule has 2 saturated heterocycles. The van der Waals surface area contributed by atoms with Gasteiger partial charge in [-0.2, -0.15) is 0 Å². The number of nitrogens with zero attached hydrogens (tertiary/aromatic N) is 1. The van der Waals surface area contributed by atoms with Gasteiger partial charge in [-0.15, -0.1) is 11.6 Å². The first-order valence-corrected chi connectivity index (χ1v) is 7.02. The van der Waals surface area contributed by atoms with E-state index in [1.807, 2.05) is 11.8 Å². The SMILES string of the molecule is CC1OC(C)C(C(=O)N2CCC(Cl)CC2)C1C. The van der Waals surface area contributed by atoms with E-state index in [2.05, 4.69) is 13.8 Å². The number of likely N-dealkylation sites (tertiary alicyclic amines) is 1. The fourth-order valence-corrected chi connectivity index (χ4v) is 3.17. The number of carbonyl (C=O) groups excluding carboxylic acids is 1. The van der Waals surface area contributed by atoms with Crippen molar-refractivity contribution < 1.29 is 9.53 Å². The number of hydrogen-bond acceptors (Lipinski definition) is 2. The molecular formula is C13H22ClNO2. The van der Waals surface area contributed by atoms with Gasteiger partial charge in [0.25, 0.3) is 0 Å². The summed E-state index contributed by atoms with van der Waals surface area (Å²) in [5, 5.41) is 0.243. The molecule has 1 amide bonds. The number of hydrogen-bond donors (Lipinski definition) is 0. The number of alkyl halides is 1. The molecule has 4 unspecified atom stereocenters. The van der Waals surface area contributed by atoms with Crippen molar-refractivity contribution in [3.8, 4) is 0 Å². The molecule has 2 aliphatic rings. The van der Waals surface area contributed by atoms with Gasteiger partial charge in [0.05, 0.1) is 18.1 Å². The first-order valence-electron chi connectivity index (χ1n) is 6.59. The molecule has 0 aromatic heterocycles. The van der Waals surface area contributed by atoms with E-state index in [1.54, 1.807) is 0 Å².